The van der Waals surface area contributed by atoms with Gasteiger partial charge in [-0.25, -0.2) is 0 Å². The van der Waals surface area contributed by atoms with Crippen LogP contribution in [0.3, 0.4) is 0 Å². The molecule has 1 aromatic rings. The summed E-state index contributed by atoms with van der Waals surface area (Å²) < 4.78 is 1.23. The Morgan fingerprint density at radius 3 is 3.06 bits per heavy atom. The SMILES string of the molecule is CC(NC1CCN2CCCC12)c1ccc(Br)s1. The average Bonchev–Trinajstić information content (AvgIpc) is 2.96. The summed E-state index contributed by atoms with van der Waals surface area (Å²) in [5.41, 5.74) is 0. The van der Waals surface area contributed by atoms with E-state index in [9.17, 15) is 0 Å². The van der Waals surface area contributed by atoms with E-state index in [1.165, 1.54) is 41.0 Å². The Labute approximate surface area is 116 Å². The lowest BCUT2D eigenvalue weighted by atomic mass is 10.1. The number of hydrogen-bond donors (Lipinski definition) is 1. The van der Waals surface area contributed by atoms with Crippen LogP contribution in [0.15, 0.2) is 15.9 Å². The maximum Gasteiger partial charge on any atom is 0.0701 e. The second kappa shape index (κ2) is 5.00. The third-order valence-electron chi connectivity index (χ3n) is 4.09. The van der Waals surface area contributed by atoms with Crippen LogP contribution in [-0.4, -0.2) is 30.1 Å². The number of rotatable bonds is 3. The van der Waals surface area contributed by atoms with Gasteiger partial charge in [-0.1, -0.05) is 0 Å². The molecule has 4 heteroatoms. The first kappa shape index (κ1) is 12.2. The zero-order chi connectivity index (χ0) is 11.8. The Kier molecular flexibility index (Phi) is 3.57. The van der Waals surface area contributed by atoms with Gasteiger partial charge >= 0.3 is 0 Å². The molecular formula is C13H19BrN2S. The normalized spacial score (nSPS) is 30.7. The topological polar surface area (TPSA) is 15.3 Å². The molecule has 17 heavy (non-hydrogen) atoms. The molecule has 2 aliphatic rings. The molecule has 3 atom stereocenters. The maximum atomic E-state index is 3.83. The Morgan fingerprint density at radius 1 is 1.41 bits per heavy atom. The van der Waals surface area contributed by atoms with Crippen LogP contribution in [0.5, 0.6) is 0 Å². The van der Waals surface area contributed by atoms with Gasteiger partial charge in [0.25, 0.3) is 0 Å². The molecule has 2 fully saturated rings. The van der Waals surface area contributed by atoms with Crippen molar-refractivity contribution in [1.82, 2.24) is 10.2 Å². The summed E-state index contributed by atoms with van der Waals surface area (Å²) in [5.74, 6) is 0. The van der Waals surface area contributed by atoms with Gasteiger partial charge in [0.15, 0.2) is 0 Å². The van der Waals surface area contributed by atoms with Crippen LogP contribution >= 0.6 is 27.3 Å². The van der Waals surface area contributed by atoms with Crippen molar-refractivity contribution in [3.05, 3.63) is 20.8 Å². The standard InChI is InChI=1S/C13H19BrN2S/c1-9(12-4-5-13(14)17-12)15-10-6-8-16-7-2-3-11(10)16/h4-5,9-11,15H,2-3,6-8H2,1H3. The van der Waals surface area contributed by atoms with Crippen molar-refractivity contribution in [1.29, 1.82) is 0 Å². The predicted molar refractivity (Wildman–Crippen MR) is 76.6 cm³/mol. The van der Waals surface area contributed by atoms with E-state index >= 15 is 0 Å². The highest BCUT2D eigenvalue weighted by Gasteiger charge is 2.37. The molecule has 1 aromatic heterocycles. The van der Waals surface area contributed by atoms with Crippen LogP contribution in [-0.2, 0) is 0 Å². The largest absolute Gasteiger partial charge is 0.305 e. The van der Waals surface area contributed by atoms with Crippen LogP contribution in [0.2, 0.25) is 0 Å². The second-order valence-corrected chi connectivity index (χ2v) is 7.67. The number of halogens is 1. The fourth-order valence-electron chi connectivity index (χ4n) is 3.24. The lowest BCUT2D eigenvalue weighted by molar-refractivity contribution is 0.292. The second-order valence-electron chi connectivity index (χ2n) is 5.17. The highest BCUT2D eigenvalue weighted by Crippen LogP contribution is 2.31. The first-order valence-electron chi connectivity index (χ1n) is 6.49. The molecule has 0 saturated carbocycles. The zero-order valence-corrected chi connectivity index (χ0v) is 12.6. The molecule has 3 rings (SSSR count). The first-order valence-corrected chi connectivity index (χ1v) is 8.10. The fourth-order valence-corrected chi connectivity index (χ4v) is 4.68. The van der Waals surface area contributed by atoms with Gasteiger partial charge < -0.3 is 5.32 Å². The molecule has 0 radical (unpaired) electrons. The molecule has 2 aliphatic heterocycles. The minimum Gasteiger partial charge on any atom is -0.305 e. The number of nitrogens with zero attached hydrogens (tertiary/aromatic N) is 1. The van der Waals surface area contributed by atoms with E-state index < -0.39 is 0 Å². The van der Waals surface area contributed by atoms with Crippen molar-refractivity contribution in [3.8, 4) is 0 Å². The summed E-state index contributed by atoms with van der Waals surface area (Å²) in [7, 11) is 0. The monoisotopic (exact) mass is 314 g/mol. The number of nitrogens with one attached hydrogen (secondary N) is 1. The molecule has 3 heterocycles. The van der Waals surface area contributed by atoms with Gasteiger partial charge in [0.1, 0.15) is 0 Å². The molecule has 0 amide bonds. The van der Waals surface area contributed by atoms with Crippen LogP contribution in [0, 0.1) is 0 Å². The summed E-state index contributed by atoms with van der Waals surface area (Å²) >= 11 is 5.39. The van der Waals surface area contributed by atoms with Crippen LogP contribution < -0.4 is 5.32 Å². The molecular weight excluding hydrogens is 296 g/mol. The van der Waals surface area contributed by atoms with Crippen LogP contribution in [0.1, 0.15) is 37.1 Å². The first-order chi connectivity index (χ1) is 8.24. The fraction of sp³-hybridized carbons (Fsp3) is 0.692. The van der Waals surface area contributed by atoms with E-state index in [0.717, 1.165) is 6.04 Å². The van der Waals surface area contributed by atoms with Crippen molar-refractivity contribution in [3.63, 3.8) is 0 Å². The molecule has 2 saturated heterocycles. The molecule has 0 aromatic carbocycles. The highest BCUT2D eigenvalue weighted by molar-refractivity contribution is 9.11. The molecule has 1 N–H and O–H groups in total. The Balaban J connectivity index is 1.63. The van der Waals surface area contributed by atoms with Crippen molar-refractivity contribution in [2.45, 2.75) is 44.3 Å². The van der Waals surface area contributed by atoms with E-state index in [0.29, 0.717) is 12.1 Å². The third-order valence-corrected chi connectivity index (χ3v) is 5.90. The summed E-state index contributed by atoms with van der Waals surface area (Å²) in [4.78, 5) is 4.10. The Bertz CT molecular complexity index is 393. The zero-order valence-electron chi connectivity index (χ0n) is 10.2. The molecule has 0 bridgehead atoms. The molecule has 0 spiro atoms. The van der Waals surface area contributed by atoms with Crippen molar-refractivity contribution >= 4 is 27.3 Å². The van der Waals surface area contributed by atoms with Crippen LogP contribution in [0.4, 0.5) is 0 Å². The van der Waals surface area contributed by atoms with E-state index in [1.54, 1.807) is 0 Å². The van der Waals surface area contributed by atoms with Crippen molar-refractivity contribution in [2.24, 2.45) is 0 Å². The third kappa shape index (κ3) is 2.46. The average molecular weight is 315 g/mol. The lowest BCUT2D eigenvalue weighted by Gasteiger charge is -2.24. The quantitative estimate of drug-likeness (QED) is 0.920. The van der Waals surface area contributed by atoms with Crippen molar-refractivity contribution < 1.29 is 0 Å². The molecule has 94 valence electrons. The predicted octanol–water partition coefficient (Wildman–Crippen LogP) is 3.40. The van der Waals surface area contributed by atoms with Gasteiger partial charge in [-0.3, -0.25) is 4.90 Å². The van der Waals surface area contributed by atoms with E-state index in [1.807, 2.05) is 11.3 Å². The maximum absolute atomic E-state index is 3.83. The summed E-state index contributed by atoms with van der Waals surface area (Å²) in [6.45, 7) is 4.90. The van der Waals surface area contributed by atoms with Gasteiger partial charge in [0.05, 0.1) is 3.79 Å². The van der Waals surface area contributed by atoms with Crippen LogP contribution in [0.25, 0.3) is 0 Å². The molecule has 3 unspecified atom stereocenters. The van der Waals surface area contributed by atoms with E-state index in [4.69, 9.17) is 0 Å². The summed E-state index contributed by atoms with van der Waals surface area (Å²) in [5, 5.41) is 3.83. The van der Waals surface area contributed by atoms with Gasteiger partial charge in [-0.2, -0.15) is 0 Å². The Morgan fingerprint density at radius 2 is 2.29 bits per heavy atom. The summed E-state index contributed by atoms with van der Waals surface area (Å²) in [6.07, 6.45) is 4.10. The highest BCUT2D eigenvalue weighted by atomic mass is 79.9. The van der Waals surface area contributed by atoms with Crippen molar-refractivity contribution in [2.75, 3.05) is 13.1 Å². The van der Waals surface area contributed by atoms with E-state index in [-0.39, 0.29) is 0 Å². The van der Waals surface area contributed by atoms with Gasteiger partial charge in [0.2, 0.25) is 0 Å². The molecule has 2 nitrogen and oxygen atoms in total. The smallest absolute Gasteiger partial charge is 0.0701 e. The number of fused-ring (bicyclic) bond motifs is 1. The number of hydrogen-bond acceptors (Lipinski definition) is 3. The number of thiophene rings is 1. The minimum atomic E-state index is 0.483. The van der Waals surface area contributed by atoms with Gasteiger partial charge in [-0.05, 0) is 60.8 Å². The minimum absolute atomic E-state index is 0.483. The Hall–Kier alpha value is 0.1000. The molecule has 0 aliphatic carbocycles. The van der Waals surface area contributed by atoms with Gasteiger partial charge in [-0.15, -0.1) is 11.3 Å². The van der Waals surface area contributed by atoms with E-state index in [2.05, 4.69) is 45.2 Å². The summed E-state index contributed by atoms with van der Waals surface area (Å²) in [6, 6.07) is 6.37. The van der Waals surface area contributed by atoms with Gasteiger partial charge in [0, 0.05) is 29.5 Å². The lowest BCUT2D eigenvalue weighted by Crippen LogP contribution is -2.40.